The Morgan fingerprint density at radius 1 is 1.48 bits per heavy atom. The van der Waals surface area contributed by atoms with Crippen molar-refractivity contribution in [1.82, 2.24) is 0 Å². The molecule has 0 aliphatic rings. The second-order valence-corrected chi connectivity index (χ2v) is 5.42. The van der Waals surface area contributed by atoms with Crippen LogP contribution in [-0.2, 0) is 0 Å². The molecular formula is C17H16O3S. The van der Waals surface area contributed by atoms with Gasteiger partial charge in [-0.05, 0) is 35.6 Å². The molecule has 0 aliphatic heterocycles. The van der Waals surface area contributed by atoms with Gasteiger partial charge in [0, 0.05) is 4.91 Å². The molecule has 3 nitrogen and oxygen atoms in total. The summed E-state index contributed by atoms with van der Waals surface area (Å²) in [5.74, 6) is 1.73. The second kappa shape index (κ2) is 8.03. The summed E-state index contributed by atoms with van der Waals surface area (Å²) in [5, 5.41) is 9.15. The van der Waals surface area contributed by atoms with Crippen molar-refractivity contribution in [3.8, 4) is 18.1 Å². The lowest BCUT2D eigenvalue weighted by Crippen LogP contribution is -2.00. The number of thioether (sulfide) groups is 1. The highest BCUT2D eigenvalue weighted by Gasteiger charge is 2.10. The maximum atomic E-state index is 11.2. The maximum absolute atomic E-state index is 11.2. The molecule has 0 bridgehead atoms. The summed E-state index contributed by atoms with van der Waals surface area (Å²) in [4.78, 5) is 12.9. The lowest BCUT2D eigenvalue weighted by atomic mass is 10.1. The van der Waals surface area contributed by atoms with Crippen LogP contribution in [0.3, 0.4) is 0 Å². The minimum atomic E-state index is -1.03. The zero-order valence-corrected chi connectivity index (χ0v) is 12.6. The number of hydrogen-bond acceptors (Lipinski definition) is 3. The first-order chi connectivity index (χ1) is 9.97. The Balaban J connectivity index is 3.10. The van der Waals surface area contributed by atoms with Crippen LogP contribution in [0.25, 0.3) is 4.91 Å². The molecule has 0 heterocycles. The SMILES string of the molecule is C#CCOc1cc(C(=C)S/C(C)=C\C=C)cc(C(=O)O)c1. The van der Waals surface area contributed by atoms with Crippen LogP contribution in [-0.4, -0.2) is 17.7 Å². The molecule has 108 valence electrons. The normalized spacial score (nSPS) is 10.6. The summed E-state index contributed by atoms with van der Waals surface area (Å²) in [6.07, 6.45) is 8.68. The molecule has 1 aromatic carbocycles. The molecule has 0 saturated heterocycles. The van der Waals surface area contributed by atoms with Gasteiger partial charge in [0.15, 0.2) is 0 Å². The Morgan fingerprint density at radius 2 is 2.14 bits per heavy atom. The van der Waals surface area contributed by atoms with Gasteiger partial charge in [-0.1, -0.05) is 43.0 Å². The summed E-state index contributed by atoms with van der Waals surface area (Å²) in [7, 11) is 0. The van der Waals surface area contributed by atoms with E-state index in [9.17, 15) is 4.79 Å². The van der Waals surface area contributed by atoms with E-state index in [2.05, 4.69) is 19.1 Å². The minimum absolute atomic E-state index is 0.0809. The van der Waals surface area contributed by atoms with E-state index < -0.39 is 5.97 Å². The predicted octanol–water partition coefficient (Wildman–Crippen LogP) is 4.19. The van der Waals surface area contributed by atoms with E-state index in [1.54, 1.807) is 18.2 Å². The molecule has 0 spiro atoms. The molecule has 1 aromatic rings. The van der Waals surface area contributed by atoms with Gasteiger partial charge in [0.25, 0.3) is 0 Å². The number of benzene rings is 1. The fourth-order valence-corrected chi connectivity index (χ4v) is 2.33. The quantitative estimate of drug-likeness (QED) is 0.606. The number of rotatable bonds is 7. The fourth-order valence-electron chi connectivity index (χ4n) is 1.55. The summed E-state index contributed by atoms with van der Waals surface area (Å²) in [6.45, 7) is 9.60. The van der Waals surface area contributed by atoms with Gasteiger partial charge in [-0.15, -0.1) is 6.42 Å². The number of ether oxygens (including phenoxy) is 1. The number of aromatic carboxylic acids is 1. The Kier molecular flexibility index (Phi) is 6.38. The first-order valence-corrected chi connectivity index (χ1v) is 6.90. The Hall–Kier alpha value is -2.38. The number of terminal acetylenes is 1. The van der Waals surface area contributed by atoms with E-state index in [1.807, 2.05) is 13.0 Å². The highest BCUT2D eigenvalue weighted by molar-refractivity contribution is 8.11. The second-order valence-electron chi connectivity index (χ2n) is 4.08. The van der Waals surface area contributed by atoms with Crippen molar-refractivity contribution in [3.05, 3.63) is 59.5 Å². The van der Waals surface area contributed by atoms with Crippen molar-refractivity contribution in [2.75, 3.05) is 6.61 Å². The largest absolute Gasteiger partial charge is 0.481 e. The van der Waals surface area contributed by atoms with Crippen LogP contribution in [0.15, 0.2) is 48.4 Å². The van der Waals surface area contributed by atoms with Gasteiger partial charge in [0.05, 0.1) is 5.56 Å². The van der Waals surface area contributed by atoms with Gasteiger partial charge in [0.2, 0.25) is 0 Å². The standard InChI is InChI=1S/C17H16O3S/c1-5-7-12(3)21-13(4)14-9-15(17(18)19)11-16(10-14)20-8-6-2/h2,5,7,9-11H,1,4,8H2,3H3,(H,18,19)/b12-7-. The fraction of sp³-hybridized carbons (Fsp3) is 0.118. The van der Waals surface area contributed by atoms with Gasteiger partial charge in [0.1, 0.15) is 12.4 Å². The maximum Gasteiger partial charge on any atom is 0.335 e. The average molecular weight is 300 g/mol. The lowest BCUT2D eigenvalue weighted by molar-refractivity contribution is 0.0696. The van der Waals surface area contributed by atoms with Crippen LogP contribution in [0.1, 0.15) is 22.8 Å². The Labute approximate surface area is 129 Å². The van der Waals surface area contributed by atoms with Crippen LogP contribution >= 0.6 is 11.8 Å². The Bertz CT molecular complexity index is 636. The van der Waals surface area contributed by atoms with E-state index in [-0.39, 0.29) is 12.2 Å². The van der Waals surface area contributed by atoms with E-state index in [1.165, 1.54) is 17.8 Å². The smallest absolute Gasteiger partial charge is 0.335 e. The molecule has 0 aromatic heterocycles. The molecule has 0 fully saturated rings. The van der Waals surface area contributed by atoms with Crippen molar-refractivity contribution in [3.63, 3.8) is 0 Å². The molecule has 21 heavy (non-hydrogen) atoms. The first-order valence-electron chi connectivity index (χ1n) is 6.09. The van der Waals surface area contributed by atoms with E-state index in [0.29, 0.717) is 11.3 Å². The van der Waals surface area contributed by atoms with Crippen LogP contribution in [0, 0.1) is 12.3 Å². The van der Waals surface area contributed by atoms with Crippen LogP contribution in [0.2, 0.25) is 0 Å². The lowest BCUT2D eigenvalue weighted by Gasteiger charge is -2.10. The zero-order chi connectivity index (χ0) is 15.8. The molecular weight excluding hydrogens is 284 g/mol. The number of carboxylic acid groups (broad SMARTS) is 1. The molecule has 4 heteroatoms. The van der Waals surface area contributed by atoms with Crippen LogP contribution in [0.4, 0.5) is 0 Å². The van der Waals surface area contributed by atoms with Crippen molar-refractivity contribution in [2.45, 2.75) is 6.92 Å². The summed E-state index contributed by atoms with van der Waals surface area (Å²) in [6, 6.07) is 4.72. The van der Waals surface area contributed by atoms with Gasteiger partial charge in [-0.3, -0.25) is 0 Å². The molecule has 0 saturated carbocycles. The molecule has 0 atom stereocenters. The number of allylic oxidation sites excluding steroid dienone is 3. The van der Waals surface area contributed by atoms with Gasteiger partial charge < -0.3 is 9.84 Å². The zero-order valence-electron chi connectivity index (χ0n) is 11.8. The van der Waals surface area contributed by atoms with Crippen molar-refractivity contribution >= 4 is 22.6 Å². The highest BCUT2D eigenvalue weighted by atomic mass is 32.2. The van der Waals surface area contributed by atoms with Crippen molar-refractivity contribution in [1.29, 1.82) is 0 Å². The third-order valence-electron chi connectivity index (χ3n) is 2.43. The molecule has 0 unspecified atom stereocenters. The van der Waals surface area contributed by atoms with Crippen molar-refractivity contribution in [2.24, 2.45) is 0 Å². The first kappa shape index (κ1) is 16.7. The number of hydrogen-bond donors (Lipinski definition) is 1. The number of carboxylic acids is 1. The summed E-state index contributed by atoms with van der Waals surface area (Å²) >= 11 is 1.44. The highest BCUT2D eigenvalue weighted by Crippen LogP contribution is 2.34. The van der Waals surface area contributed by atoms with Crippen LogP contribution < -0.4 is 4.74 Å². The molecule has 0 aliphatic carbocycles. The average Bonchev–Trinajstić information content (AvgIpc) is 2.44. The van der Waals surface area contributed by atoms with E-state index >= 15 is 0 Å². The topological polar surface area (TPSA) is 46.5 Å². The van der Waals surface area contributed by atoms with Crippen molar-refractivity contribution < 1.29 is 14.6 Å². The third-order valence-corrected chi connectivity index (χ3v) is 3.37. The van der Waals surface area contributed by atoms with Gasteiger partial charge in [-0.2, -0.15) is 0 Å². The van der Waals surface area contributed by atoms with Gasteiger partial charge in [-0.25, -0.2) is 4.79 Å². The molecule has 1 rings (SSSR count). The Morgan fingerprint density at radius 3 is 2.71 bits per heavy atom. The summed E-state index contributed by atoms with van der Waals surface area (Å²) < 4.78 is 5.31. The van der Waals surface area contributed by atoms with Gasteiger partial charge >= 0.3 is 5.97 Å². The van der Waals surface area contributed by atoms with Crippen LogP contribution in [0.5, 0.6) is 5.75 Å². The van der Waals surface area contributed by atoms with E-state index in [0.717, 1.165) is 9.81 Å². The molecule has 1 N–H and O–H groups in total. The van der Waals surface area contributed by atoms with E-state index in [4.69, 9.17) is 16.3 Å². The molecule has 0 radical (unpaired) electrons. The monoisotopic (exact) mass is 300 g/mol. The molecule has 0 amide bonds. The number of carbonyl (C=O) groups is 1. The summed E-state index contributed by atoms with van der Waals surface area (Å²) in [5.41, 5.74) is 0.815. The minimum Gasteiger partial charge on any atom is -0.481 e. The predicted molar refractivity (Wildman–Crippen MR) is 88.3 cm³/mol. The third kappa shape index (κ3) is 5.25.